The first-order valence-electron chi connectivity index (χ1n) is 4.62. The second-order valence-corrected chi connectivity index (χ2v) is 3.11. The topological polar surface area (TPSA) is 0 Å². The summed E-state index contributed by atoms with van der Waals surface area (Å²) in [5, 5.41) is 0. The third-order valence-corrected chi connectivity index (χ3v) is 2.45. The molecule has 0 saturated heterocycles. The molecule has 68 valence electrons. The Bertz CT molecular complexity index is 332. The minimum atomic E-state index is 1.06. The molecule has 0 heteroatoms. The standard InChI is InChI=1S/C13H16/c1-5-11-8-9-12(6-2)13(7-3)10(11)4/h5,7-9H,1,3,6H2,2,4H3. The number of aryl methyl sites for hydroxylation is 1. The van der Waals surface area contributed by atoms with Gasteiger partial charge >= 0.3 is 0 Å². The molecule has 1 aromatic carbocycles. The third kappa shape index (κ3) is 1.72. The Morgan fingerprint density at radius 3 is 2.38 bits per heavy atom. The van der Waals surface area contributed by atoms with Crippen LogP contribution in [-0.4, -0.2) is 0 Å². The van der Waals surface area contributed by atoms with Crippen LogP contribution in [0, 0.1) is 6.92 Å². The van der Waals surface area contributed by atoms with Gasteiger partial charge in [0.1, 0.15) is 0 Å². The van der Waals surface area contributed by atoms with Gasteiger partial charge in [0, 0.05) is 0 Å². The van der Waals surface area contributed by atoms with Crippen LogP contribution in [0.1, 0.15) is 29.2 Å². The summed E-state index contributed by atoms with van der Waals surface area (Å²) in [5.74, 6) is 0. The molecule has 0 spiro atoms. The molecule has 0 nitrogen and oxygen atoms in total. The molecule has 0 N–H and O–H groups in total. The van der Waals surface area contributed by atoms with Crippen LogP contribution in [0.5, 0.6) is 0 Å². The molecule has 0 amide bonds. The zero-order chi connectivity index (χ0) is 9.84. The van der Waals surface area contributed by atoms with Gasteiger partial charge in [-0.1, -0.05) is 44.4 Å². The van der Waals surface area contributed by atoms with Gasteiger partial charge in [-0.05, 0) is 35.6 Å². The molecule has 0 fully saturated rings. The molecule has 0 aliphatic rings. The van der Waals surface area contributed by atoms with Gasteiger partial charge in [-0.15, -0.1) is 0 Å². The lowest BCUT2D eigenvalue weighted by Crippen LogP contribution is -1.92. The van der Waals surface area contributed by atoms with Crippen molar-refractivity contribution >= 4 is 12.2 Å². The highest BCUT2D eigenvalue weighted by Gasteiger charge is 2.03. The van der Waals surface area contributed by atoms with Gasteiger partial charge in [0.2, 0.25) is 0 Å². The van der Waals surface area contributed by atoms with Crippen molar-refractivity contribution in [1.29, 1.82) is 0 Å². The molecule has 0 atom stereocenters. The molecule has 13 heavy (non-hydrogen) atoms. The Hall–Kier alpha value is -1.30. The van der Waals surface area contributed by atoms with Gasteiger partial charge < -0.3 is 0 Å². The summed E-state index contributed by atoms with van der Waals surface area (Å²) < 4.78 is 0. The predicted octanol–water partition coefficient (Wildman–Crippen LogP) is 3.84. The first-order chi connectivity index (χ1) is 6.24. The Balaban J connectivity index is 3.39. The van der Waals surface area contributed by atoms with E-state index in [0.717, 1.165) is 6.42 Å². The van der Waals surface area contributed by atoms with E-state index in [9.17, 15) is 0 Å². The highest BCUT2D eigenvalue weighted by atomic mass is 14.1. The number of benzene rings is 1. The summed E-state index contributed by atoms with van der Waals surface area (Å²) in [5.41, 5.74) is 5.11. The molecule has 0 bridgehead atoms. The Morgan fingerprint density at radius 2 is 1.92 bits per heavy atom. The predicted molar refractivity (Wildman–Crippen MR) is 60.7 cm³/mol. The van der Waals surface area contributed by atoms with Crippen LogP contribution in [0.2, 0.25) is 0 Å². The van der Waals surface area contributed by atoms with Crippen LogP contribution in [0.15, 0.2) is 25.3 Å². The second kappa shape index (κ2) is 4.08. The van der Waals surface area contributed by atoms with Crippen molar-refractivity contribution in [2.24, 2.45) is 0 Å². The van der Waals surface area contributed by atoms with Crippen molar-refractivity contribution in [2.45, 2.75) is 20.3 Å². The number of hydrogen-bond acceptors (Lipinski definition) is 0. The van der Waals surface area contributed by atoms with Gasteiger partial charge in [-0.2, -0.15) is 0 Å². The minimum absolute atomic E-state index is 1.06. The van der Waals surface area contributed by atoms with E-state index in [4.69, 9.17) is 0 Å². The van der Waals surface area contributed by atoms with Crippen molar-refractivity contribution < 1.29 is 0 Å². The minimum Gasteiger partial charge on any atom is -0.0985 e. The van der Waals surface area contributed by atoms with E-state index >= 15 is 0 Å². The fourth-order valence-corrected chi connectivity index (χ4v) is 1.62. The monoisotopic (exact) mass is 172 g/mol. The van der Waals surface area contributed by atoms with Crippen molar-refractivity contribution in [2.75, 3.05) is 0 Å². The van der Waals surface area contributed by atoms with E-state index in [0.29, 0.717) is 0 Å². The summed E-state index contributed by atoms with van der Waals surface area (Å²) in [4.78, 5) is 0. The van der Waals surface area contributed by atoms with Crippen molar-refractivity contribution in [3.63, 3.8) is 0 Å². The smallest absolute Gasteiger partial charge is 0.0195 e. The quantitative estimate of drug-likeness (QED) is 0.649. The SMILES string of the molecule is C=Cc1ccc(CC)c(C=C)c1C. The van der Waals surface area contributed by atoms with Crippen LogP contribution in [0.25, 0.3) is 12.2 Å². The van der Waals surface area contributed by atoms with E-state index < -0.39 is 0 Å². The molecule has 0 aromatic heterocycles. The van der Waals surface area contributed by atoms with Crippen LogP contribution < -0.4 is 0 Å². The molecule has 0 aliphatic heterocycles. The van der Waals surface area contributed by atoms with Gasteiger partial charge in [-0.25, -0.2) is 0 Å². The van der Waals surface area contributed by atoms with E-state index in [1.54, 1.807) is 0 Å². The number of rotatable bonds is 3. The van der Waals surface area contributed by atoms with Gasteiger partial charge in [0.15, 0.2) is 0 Å². The lowest BCUT2D eigenvalue weighted by molar-refractivity contribution is 1.12. The van der Waals surface area contributed by atoms with Crippen molar-refractivity contribution in [1.82, 2.24) is 0 Å². The van der Waals surface area contributed by atoms with Crippen LogP contribution >= 0.6 is 0 Å². The maximum atomic E-state index is 3.84. The van der Waals surface area contributed by atoms with Crippen LogP contribution in [0.3, 0.4) is 0 Å². The summed E-state index contributed by atoms with van der Waals surface area (Å²) >= 11 is 0. The Morgan fingerprint density at radius 1 is 1.23 bits per heavy atom. The molecule has 0 radical (unpaired) electrons. The second-order valence-electron chi connectivity index (χ2n) is 3.11. The van der Waals surface area contributed by atoms with Gasteiger partial charge in [0.25, 0.3) is 0 Å². The first-order valence-corrected chi connectivity index (χ1v) is 4.62. The van der Waals surface area contributed by atoms with Crippen LogP contribution in [0.4, 0.5) is 0 Å². The summed E-state index contributed by atoms with van der Waals surface area (Å²) in [6.07, 6.45) is 4.88. The average Bonchev–Trinajstić information content (AvgIpc) is 2.17. The van der Waals surface area contributed by atoms with Gasteiger partial charge in [-0.3, -0.25) is 0 Å². The van der Waals surface area contributed by atoms with Gasteiger partial charge in [0.05, 0.1) is 0 Å². The summed E-state index contributed by atoms with van der Waals surface area (Å²) in [6.45, 7) is 11.9. The summed E-state index contributed by atoms with van der Waals surface area (Å²) in [7, 11) is 0. The lowest BCUT2D eigenvalue weighted by Gasteiger charge is -2.09. The zero-order valence-corrected chi connectivity index (χ0v) is 8.43. The molecule has 0 heterocycles. The van der Waals surface area contributed by atoms with E-state index in [2.05, 4.69) is 39.1 Å². The summed E-state index contributed by atoms with van der Waals surface area (Å²) in [6, 6.07) is 4.27. The zero-order valence-electron chi connectivity index (χ0n) is 8.43. The van der Waals surface area contributed by atoms with Crippen LogP contribution in [-0.2, 0) is 6.42 Å². The molecule has 0 unspecified atom stereocenters. The highest BCUT2D eigenvalue weighted by molar-refractivity contribution is 5.64. The fourth-order valence-electron chi connectivity index (χ4n) is 1.62. The van der Waals surface area contributed by atoms with Crippen molar-refractivity contribution in [3.8, 4) is 0 Å². The normalized spacial score (nSPS) is 9.69. The maximum Gasteiger partial charge on any atom is -0.0195 e. The van der Waals surface area contributed by atoms with E-state index in [1.807, 2.05) is 12.2 Å². The molecule has 0 aliphatic carbocycles. The molecular weight excluding hydrogens is 156 g/mol. The molecule has 1 aromatic rings. The van der Waals surface area contributed by atoms with E-state index in [1.165, 1.54) is 22.3 Å². The molecular formula is C13H16. The maximum absolute atomic E-state index is 3.84. The molecule has 0 saturated carbocycles. The fraction of sp³-hybridized carbons (Fsp3) is 0.231. The Kier molecular flexibility index (Phi) is 3.07. The van der Waals surface area contributed by atoms with E-state index in [-0.39, 0.29) is 0 Å². The first kappa shape index (κ1) is 9.79. The van der Waals surface area contributed by atoms with Crippen molar-refractivity contribution in [3.05, 3.63) is 47.5 Å². The lowest BCUT2D eigenvalue weighted by atomic mass is 9.95. The third-order valence-electron chi connectivity index (χ3n) is 2.45. The highest BCUT2D eigenvalue weighted by Crippen LogP contribution is 2.21. The largest absolute Gasteiger partial charge is 0.0985 e. The Labute approximate surface area is 80.6 Å². The molecule has 1 rings (SSSR count). The number of hydrogen-bond donors (Lipinski definition) is 0. The average molecular weight is 172 g/mol.